The molecule has 0 bridgehead atoms. The first-order valence-electron chi connectivity index (χ1n) is 6.86. The van der Waals surface area contributed by atoms with Crippen molar-refractivity contribution in [1.82, 2.24) is 0 Å². The van der Waals surface area contributed by atoms with Crippen LogP contribution in [-0.4, -0.2) is 6.16 Å². The first kappa shape index (κ1) is 16.1. The maximum atomic E-state index is 11.7. The van der Waals surface area contributed by atoms with Gasteiger partial charge >= 0.3 is 11.8 Å². The van der Waals surface area contributed by atoms with Gasteiger partial charge < -0.3 is 19.0 Å². The molecule has 0 unspecified atom stereocenters. The molecule has 0 radical (unpaired) electrons. The van der Waals surface area contributed by atoms with Gasteiger partial charge in [-0.2, -0.15) is 0 Å². The van der Waals surface area contributed by atoms with Crippen LogP contribution in [-0.2, 0) is 11.3 Å². The van der Waals surface area contributed by atoms with E-state index in [1.165, 1.54) is 18.2 Å². The van der Waals surface area contributed by atoms with Gasteiger partial charge in [0, 0.05) is 21.5 Å². The van der Waals surface area contributed by atoms with Gasteiger partial charge in [-0.25, -0.2) is 9.59 Å². The van der Waals surface area contributed by atoms with E-state index in [1.54, 1.807) is 30.3 Å². The maximum absolute atomic E-state index is 11.7. The highest BCUT2D eigenvalue weighted by Gasteiger charge is 2.11. The number of carbonyl (C=O) groups is 1. The van der Waals surface area contributed by atoms with Gasteiger partial charge in [0.05, 0.1) is 0 Å². The first-order chi connectivity index (χ1) is 11.5. The third kappa shape index (κ3) is 3.57. The van der Waals surface area contributed by atoms with Crippen molar-refractivity contribution in [2.24, 2.45) is 0 Å². The molecule has 0 atom stereocenters. The molecule has 3 rings (SSSR count). The molecule has 0 saturated heterocycles. The Morgan fingerprint density at radius 1 is 1.17 bits per heavy atom. The SMILES string of the molecule is O=C(OCc1cc(=O)oc2cc([O-])c(Br)cc12)Oc1ccccc1. The second-order valence-electron chi connectivity index (χ2n) is 4.82. The Hall–Kier alpha value is -2.80. The highest BCUT2D eigenvalue weighted by Crippen LogP contribution is 2.29. The van der Waals surface area contributed by atoms with E-state index < -0.39 is 11.8 Å². The first-order valence-corrected chi connectivity index (χ1v) is 7.65. The molecule has 0 fully saturated rings. The minimum Gasteiger partial charge on any atom is -0.872 e. The molecule has 24 heavy (non-hydrogen) atoms. The standard InChI is InChI=1S/C17H11BrO6/c18-13-7-12-10(6-16(20)24-15(12)8-14(13)19)9-22-17(21)23-11-4-2-1-3-5-11/h1-8,19H,9H2/p-1. The molecule has 0 spiro atoms. The third-order valence-electron chi connectivity index (χ3n) is 3.17. The van der Waals surface area contributed by atoms with Crippen LogP contribution >= 0.6 is 15.9 Å². The van der Waals surface area contributed by atoms with Gasteiger partial charge in [-0.15, -0.1) is 0 Å². The van der Waals surface area contributed by atoms with Crippen molar-refractivity contribution in [2.75, 3.05) is 0 Å². The molecule has 2 aromatic carbocycles. The number of benzene rings is 2. The largest absolute Gasteiger partial charge is 0.872 e. The van der Waals surface area contributed by atoms with Crippen LogP contribution in [0.1, 0.15) is 5.56 Å². The molecule has 3 aromatic rings. The lowest BCUT2D eigenvalue weighted by molar-refractivity contribution is -0.269. The zero-order chi connectivity index (χ0) is 17.1. The minimum atomic E-state index is -0.901. The topological polar surface area (TPSA) is 88.8 Å². The Kier molecular flexibility index (Phi) is 4.52. The summed E-state index contributed by atoms with van der Waals surface area (Å²) < 4.78 is 15.3. The lowest BCUT2D eigenvalue weighted by Gasteiger charge is -2.12. The van der Waals surface area contributed by atoms with Crippen molar-refractivity contribution in [3.8, 4) is 11.5 Å². The van der Waals surface area contributed by atoms with Gasteiger partial charge in [-0.3, -0.25) is 0 Å². The smallest absolute Gasteiger partial charge is 0.514 e. The van der Waals surface area contributed by atoms with Gasteiger partial charge in [0.1, 0.15) is 17.9 Å². The molecule has 0 aliphatic rings. The van der Waals surface area contributed by atoms with Crippen LogP contribution in [0.2, 0.25) is 0 Å². The Morgan fingerprint density at radius 3 is 2.67 bits per heavy atom. The van der Waals surface area contributed by atoms with Crippen LogP contribution in [0.25, 0.3) is 11.0 Å². The second kappa shape index (κ2) is 6.76. The van der Waals surface area contributed by atoms with E-state index >= 15 is 0 Å². The molecule has 0 amide bonds. The van der Waals surface area contributed by atoms with E-state index in [1.807, 2.05) is 0 Å². The Labute approximate surface area is 144 Å². The molecule has 1 aromatic heterocycles. The monoisotopic (exact) mass is 389 g/mol. The van der Waals surface area contributed by atoms with Gasteiger partial charge in [-0.1, -0.05) is 39.9 Å². The van der Waals surface area contributed by atoms with E-state index in [-0.39, 0.29) is 17.9 Å². The fraction of sp³-hybridized carbons (Fsp3) is 0.0588. The fourth-order valence-corrected chi connectivity index (χ4v) is 2.44. The van der Waals surface area contributed by atoms with Crippen LogP contribution in [0.5, 0.6) is 11.5 Å². The molecule has 0 N–H and O–H groups in total. The average molecular weight is 390 g/mol. The van der Waals surface area contributed by atoms with Crippen molar-refractivity contribution in [1.29, 1.82) is 0 Å². The summed E-state index contributed by atoms with van der Waals surface area (Å²) in [4.78, 5) is 23.3. The summed E-state index contributed by atoms with van der Waals surface area (Å²) >= 11 is 3.13. The van der Waals surface area contributed by atoms with Crippen LogP contribution in [0.15, 0.2) is 62.2 Å². The van der Waals surface area contributed by atoms with Crippen molar-refractivity contribution in [3.63, 3.8) is 0 Å². The third-order valence-corrected chi connectivity index (χ3v) is 3.79. The number of fused-ring (bicyclic) bond motifs is 1. The molecule has 0 aliphatic heterocycles. The van der Waals surface area contributed by atoms with Gasteiger partial charge in [0.15, 0.2) is 0 Å². The number of carbonyl (C=O) groups excluding carboxylic acids is 1. The highest BCUT2D eigenvalue weighted by molar-refractivity contribution is 9.10. The van der Waals surface area contributed by atoms with E-state index in [4.69, 9.17) is 13.9 Å². The maximum Gasteiger partial charge on any atom is 0.514 e. The van der Waals surface area contributed by atoms with Crippen LogP contribution in [0.3, 0.4) is 0 Å². The number of rotatable bonds is 3. The zero-order valence-electron chi connectivity index (χ0n) is 12.2. The van der Waals surface area contributed by atoms with Crippen molar-refractivity contribution >= 4 is 33.1 Å². The zero-order valence-corrected chi connectivity index (χ0v) is 13.7. The molecule has 1 heterocycles. The Bertz CT molecular complexity index is 948. The summed E-state index contributed by atoms with van der Waals surface area (Å²) in [6.45, 7) is -0.196. The average Bonchev–Trinajstić information content (AvgIpc) is 2.55. The second-order valence-corrected chi connectivity index (χ2v) is 5.68. The van der Waals surface area contributed by atoms with Crippen LogP contribution < -0.4 is 15.5 Å². The molecule has 7 heteroatoms. The lowest BCUT2D eigenvalue weighted by Crippen LogP contribution is -2.11. The van der Waals surface area contributed by atoms with Gasteiger partial charge in [0.25, 0.3) is 0 Å². The highest BCUT2D eigenvalue weighted by atomic mass is 79.9. The van der Waals surface area contributed by atoms with Crippen molar-refractivity contribution in [3.05, 3.63) is 69.0 Å². The number of halogens is 1. The summed E-state index contributed by atoms with van der Waals surface area (Å²) in [5.74, 6) is 0.0332. The number of hydrogen-bond acceptors (Lipinski definition) is 6. The molecule has 0 saturated carbocycles. The number of ether oxygens (including phenoxy) is 2. The van der Waals surface area contributed by atoms with E-state index in [0.29, 0.717) is 21.2 Å². The summed E-state index contributed by atoms with van der Waals surface area (Å²) in [5, 5.41) is 12.1. The summed E-state index contributed by atoms with van der Waals surface area (Å²) in [7, 11) is 0. The van der Waals surface area contributed by atoms with Gasteiger partial charge in [0.2, 0.25) is 0 Å². The number of hydrogen-bond donors (Lipinski definition) is 0. The molecular weight excluding hydrogens is 380 g/mol. The van der Waals surface area contributed by atoms with Crippen LogP contribution in [0.4, 0.5) is 4.79 Å². The van der Waals surface area contributed by atoms with E-state index in [0.717, 1.165) is 0 Å². The molecule has 122 valence electrons. The Balaban J connectivity index is 1.81. The number of para-hydroxylation sites is 1. The van der Waals surface area contributed by atoms with E-state index in [9.17, 15) is 14.7 Å². The normalized spacial score (nSPS) is 10.5. The Morgan fingerprint density at radius 2 is 1.92 bits per heavy atom. The summed E-state index contributed by atoms with van der Waals surface area (Å²) in [6, 6.07) is 12.4. The summed E-state index contributed by atoms with van der Waals surface area (Å²) in [5.41, 5.74) is -0.100. The fourth-order valence-electron chi connectivity index (χ4n) is 2.10. The van der Waals surface area contributed by atoms with Gasteiger partial charge in [-0.05, 0) is 24.3 Å². The molecule has 0 aliphatic carbocycles. The van der Waals surface area contributed by atoms with E-state index in [2.05, 4.69) is 15.9 Å². The lowest BCUT2D eigenvalue weighted by atomic mass is 10.1. The molecular formula is C17H10BrO6-. The van der Waals surface area contributed by atoms with Crippen LogP contribution in [0, 0.1) is 0 Å². The molecule has 6 nitrogen and oxygen atoms in total. The quantitative estimate of drug-likeness (QED) is 0.387. The summed E-state index contributed by atoms with van der Waals surface area (Å²) in [6.07, 6.45) is -0.901. The predicted molar refractivity (Wildman–Crippen MR) is 86.9 cm³/mol. The minimum absolute atomic E-state index is 0.130. The van der Waals surface area contributed by atoms with Crippen molar-refractivity contribution in [2.45, 2.75) is 6.61 Å². The van der Waals surface area contributed by atoms with Crippen molar-refractivity contribution < 1.29 is 23.8 Å². The predicted octanol–water partition coefficient (Wildman–Crippen LogP) is 3.34.